The third-order valence-electron chi connectivity index (χ3n) is 3.95. The number of aromatic nitrogens is 2. The number of nitrogens with zero attached hydrogens (tertiary/aromatic N) is 2. The summed E-state index contributed by atoms with van der Waals surface area (Å²) in [6.07, 6.45) is -4.53. The van der Waals surface area contributed by atoms with Crippen molar-refractivity contribution in [3.05, 3.63) is 17.0 Å². The van der Waals surface area contributed by atoms with Crippen LogP contribution in [0, 0.1) is 11.8 Å². The minimum Gasteiger partial charge on any atom is -0.301 e. The number of aldehydes is 1. The Bertz CT molecular complexity index is 562. The number of halogens is 5. The van der Waals surface area contributed by atoms with Crippen molar-refractivity contribution >= 4 is 6.29 Å². The van der Waals surface area contributed by atoms with E-state index in [4.69, 9.17) is 0 Å². The minimum absolute atomic E-state index is 0.261. The number of hydrogen-bond donors (Lipinski definition) is 0. The highest BCUT2D eigenvalue weighted by Gasteiger charge is 2.72. The van der Waals surface area contributed by atoms with Gasteiger partial charge < -0.3 is 4.79 Å². The third kappa shape index (κ3) is 1.42. The molecule has 1 aromatic heterocycles. The van der Waals surface area contributed by atoms with E-state index in [0.717, 1.165) is 0 Å². The number of hydrogen-bond acceptors (Lipinski definition) is 2. The number of alkyl halides is 5. The largest absolute Gasteiger partial charge is 0.435 e. The number of carbonyl (C=O) groups excluding carboxylic acids is 1. The van der Waals surface area contributed by atoms with Crippen molar-refractivity contribution in [2.24, 2.45) is 11.8 Å². The van der Waals surface area contributed by atoms with E-state index in [2.05, 4.69) is 5.10 Å². The Kier molecular flexibility index (Phi) is 2.21. The molecule has 0 bridgehead atoms. The van der Waals surface area contributed by atoms with Crippen molar-refractivity contribution in [3.63, 3.8) is 0 Å². The summed E-state index contributed by atoms with van der Waals surface area (Å²) in [5.41, 5.74) is -2.43. The Morgan fingerprint density at radius 3 is 2.58 bits per heavy atom. The van der Waals surface area contributed by atoms with Crippen molar-refractivity contribution in [2.45, 2.75) is 31.5 Å². The van der Waals surface area contributed by atoms with Crippen LogP contribution in [0.4, 0.5) is 22.0 Å². The quantitative estimate of drug-likeness (QED) is 0.616. The van der Waals surface area contributed by atoms with Gasteiger partial charge >= 0.3 is 6.18 Å². The minimum atomic E-state index is -4.79. The van der Waals surface area contributed by atoms with Crippen LogP contribution in [0.1, 0.15) is 29.8 Å². The zero-order chi connectivity index (χ0) is 14.2. The fourth-order valence-corrected chi connectivity index (χ4v) is 3.17. The van der Waals surface area contributed by atoms with Gasteiger partial charge in [0.1, 0.15) is 12.0 Å². The summed E-state index contributed by atoms with van der Waals surface area (Å²) in [5.74, 6) is -5.74. The van der Waals surface area contributed by atoms with E-state index in [1.807, 2.05) is 0 Å². The topological polar surface area (TPSA) is 34.9 Å². The highest BCUT2D eigenvalue weighted by atomic mass is 19.4. The standard InChI is InChI=1S/C11H9F5N2O/c1-4-5-6-8(11(14,15)16)17-18(2-3-19)9(6)10(12,13)7(4)5/h3-5,7H,2H2,1H3. The molecule has 3 atom stereocenters. The first-order chi connectivity index (χ1) is 8.71. The molecule has 1 aromatic rings. The molecule has 1 heterocycles. The second kappa shape index (κ2) is 3.34. The normalized spacial score (nSPS) is 30.9. The first-order valence-electron chi connectivity index (χ1n) is 5.71. The Balaban J connectivity index is 2.23. The van der Waals surface area contributed by atoms with Gasteiger partial charge in [-0.05, 0) is 5.92 Å². The van der Waals surface area contributed by atoms with Crippen molar-refractivity contribution in [3.8, 4) is 0 Å². The number of fused-ring (bicyclic) bond motifs is 3. The monoisotopic (exact) mass is 280 g/mol. The molecule has 2 aliphatic rings. The molecular formula is C11H9F5N2O. The molecule has 2 aliphatic carbocycles. The smallest absolute Gasteiger partial charge is 0.301 e. The maximum Gasteiger partial charge on any atom is 0.435 e. The first-order valence-corrected chi connectivity index (χ1v) is 5.71. The van der Waals surface area contributed by atoms with E-state index >= 15 is 0 Å². The highest BCUT2D eigenvalue weighted by Crippen LogP contribution is 2.71. The fourth-order valence-electron chi connectivity index (χ4n) is 3.17. The van der Waals surface area contributed by atoms with Crippen LogP contribution in [0.5, 0.6) is 0 Å². The van der Waals surface area contributed by atoms with Crippen molar-refractivity contribution in [2.75, 3.05) is 0 Å². The van der Waals surface area contributed by atoms with Gasteiger partial charge in [0, 0.05) is 17.4 Å². The molecule has 0 aliphatic heterocycles. The van der Waals surface area contributed by atoms with Gasteiger partial charge in [0.15, 0.2) is 5.69 Å². The molecular weight excluding hydrogens is 271 g/mol. The summed E-state index contributed by atoms with van der Waals surface area (Å²) in [6, 6.07) is 0. The average molecular weight is 280 g/mol. The summed E-state index contributed by atoms with van der Waals surface area (Å²) in [7, 11) is 0. The van der Waals surface area contributed by atoms with Crippen molar-refractivity contribution in [1.29, 1.82) is 0 Å². The second-order valence-electron chi connectivity index (χ2n) is 4.99. The van der Waals surface area contributed by atoms with Crippen LogP contribution in [-0.2, 0) is 23.4 Å². The summed E-state index contributed by atoms with van der Waals surface area (Å²) in [5, 5.41) is 3.18. The van der Waals surface area contributed by atoms with Crippen LogP contribution < -0.4 is 0 Å². The van der Waals surface area contributed by atoms with Gasteiger partial charge in [-0.3, -0.25) is 4.68 Å². The molecule has 104 valence electrons. The van der Waals surface area contributed by atoms with E-state index < -0.39 is 53.3 Å². The Morgan fingerprint density at radius 1 is 1.42 bits per heavy atom. The zero-order valence-corrected chi connectivity index (χ0v) is 9.71. The van der Waals surface area contributed by atoms with Crippen LogP contribution in [-0.4, -0.2) is 16.1 Å². The molecule has 3 rings (SSSR count). The summed E-state index contributed by atoms with van der Waals surface area (Å²) >= 11 is 0. The van der Waals surface area contributed by atoms with E-state index in [-0.39, 0.29) is 6.29 Å². The molecule has 19 heavy (non-hydrogen) atoms. The summed E-state index contributed by atoms with van der Waals surface area (Å²) in [6.45, 7) is 0.908. The predicted molar refractivity (Wildman–Crippen MR) is 52.6 cm³/mol. The van der Waals surface area contributed by atoms with E-state index in [9.17, 15) is 26.7 Å². The Labute approximate surface area is 104 Å². The molecule has 0 radical (unpaired) electrons. The Hall–Kier alpha value is -1.47. The molecule has 3 nitrogen and oxygen atoms in total. The lowest BCUT2D eigenvalue weighted by Crippen LogP contribution is -2.21. The summed E-state index contributed by atoms with van der Waals surface area (Å²) < 4.78 is 67.2. The van der Waals surface area contributed by atoms with Gasteiger partial charge in [-0.15, -0.1) is 0 Å². The van der Waals surface area contributed by atoms with Crippen molar-refractivity contribution < 1.29 is 26.7 Å². The van der Waals surface area contributed by atoms with Crippen LogP contribution in [0.3, 0.4) is 0 Å². The van der Waals surface area contributed by atoms with Gasteiger partial charge in [-0.1, -0.05) is 6.92 Å². The highest BCUT2D eigenvalue weighted by molar-refractivity contribution is 5.53. The van der Waals surface area contributed by atoms with Crippen LogP contribution >= 0.6 is 0 Å². The van der Waals surface area contributed by atoms with Gasteiger partial charge in [-0.25, -0.2) is 0 Å². The van der Waals surface area contributed by atoms with Gasteiger partial charge in [0.25, 0.3) is 5.92 Å². The van der Waals surface area contributed by atoms with E-state index in [1.165, 1.54) is 6.92 Å². The molecule has 8 heteroatoms. The fraction of sp³-hybridized carbons (Fsp3) is 0.636. The lowest BCUT2D eigenvalue weighted by molar-refractivity contribution is -0.142. The molecule has 0 N–H and O–H groups in total. The van der Waals surface area contributed by atoms with Gasteiger partial charge in [0.05, 0.1) is 6.54 Å². The molecule has 0 saturated heterocycles. The van der Waals surface area contributed by atoms with Crippen LogP contribution in [0.15, 0.2) is 0 Å². The second-order valence-corrected chi connectivity index (χ2v) is 4.99. The van der Waals surface area contributed by atoms with Crippen LogP contribution in [0.25, 0.3) is 0 Å². The predicted octanol–water partition coefficient (Wildman–Crippen LogP) is 2.56. The molecule has 0 aromatic carbocycles. The van der Waals surface area contributed by atoms with Gasteiger partial charge in [-0.2, -0.15) is 27.1 Å². The lowest BCUT2D eigenvalue weighted by Gasteiger charge is -2.15. The maximum atomic E-state index is 14.1. The van der Waals surface area contributed by atoms with E-state index in [1.54, 1.807) is 0 Å². The van der Waals surface area contributed by atoms with Crippen molar-refractivity contribution in [1.82, 2.24) is 9.78 Å². The molecule has 0 amide bonds. The molecule has 1 saturated carbocycles. The summed E-state index contributed by atoms with van der Waals surface area (Å²) in [4.78, 5) is 10.4. The molecule has 1 fully saturated rings. The zero-order valence-electron chi connectivity index (χ0n) is 9.71. The molecule has 0 spiro atoms. The Morgan fingerprint density at radius 2 is 2.05 bits per heavy atom. The first kappa shape index (κ1) is 12.6. The number of carbonyl (C=O) groups is 1. The van der Waals surface area contributed by atoms with E-state index in [0.29, 0.717) is 4.68 Å². The number of rotatable bonds is 2. The lowest BCUT2D eigenvalue weighted by atomic mass is 10.1. The average Bonchev–Trinajstić information content (AvgIpc) is 2.65. The SMILES string of the molecule is CC1C2c3c(C(F)(F)F)nn(CC=O)c3C(F)(F)C12. The molecule has 3 unspecified atom stereocenters. The maximum absolute atomic E-state index is 14.1. The van der Waals surface area contributed by atoms with Gasteiger partial charge in [0.2, 0.25) is 0 Å². The third-order valence-corrected chi connectivity index (χ3v) is 3.95. The van der Waals surface area contributed by atoms with Crippen LogP contribution in [0.2, 0.25) is 0 Å².